The second-order valence-corrected chi connectivity index (χ2v) is 5.90. The van der Waals surface area contributed by atoms with Crippen molar-refractivity contribution in [2.75, 3.05) is 11.1 Å². The van der Waals surface area contributed by atoms with Gasteiger partial charge >= 0.3 is 0 Å². The molecule has 1 amide bonds. The van der Waals surface area contributed by atoms with Crippen molar-refractivity contribution in [2.45, 2.75) is 25.0 Å². The third kappa shape index (κ3) is 4.26. The summed E-state index contributed by atoms with van der Waals surface area (Å²) in [5.74, 6) is -0.429. The molecule has 0 fully saturated rings. The van der Waals surface area contributed by atoms with Crippen molar-refractivity contribution in [1.29, 1.82) is 0 Å². The number of carbonyl (C=O) groups excluding carboxylic acids is 1. The Morgan fingerprint density at radius 3 is 2.75 bits per heavy atom. The van der Waals surface area contributed by atoms with Gasteiger partial charge in [0.2, 0.25) is 11.8 Å². The van der Waals surface area contributed by atoms with Crippen LogP contribution in [0.4, 0.5) is 5.69 Å². The number of carbonyl (C=O) groups is 1. The molecule has 0 bridgehead atoms. The van der Waals surface area contributed by atoms with E-state index in [9.17, 15) is 14.7 Å². The number of rotatable bonds is 7. The van der Waals surface area contributed by atoms with Crippen LogP contribution in [0.25, 0.3) is 0 Å². The van der Waals surface area contributed by atoms with Gasteiger partial charge in [-0.05, 0) is 18.6 Å². The molecule has 2 aromatic rings. The Hall–Kier alpha value is -2.54. The summed E-state index contributed by atoms with van der Waals surface area (Å²) in [4.78, 5) is 28.4. The van der Waals surface area contributed by atoms with Crippen LogP contribution in [-0.4, -0.2) is 26.3 Å². The maximum atomic E-state index is 12.4. The molecule has 1 aromatic heterocycles. The number of hydrogen-bond donors (Lipinski definition) is 2. The number of anilines is 1. The summed E-state index contributed by atoms with van der Waals surface area (Å²) < 4.78 is 1.41. The zero-order valence-electron chi connectivity index (χ0n) is 13.4. The number of aromatic hydroxyl groups is 1. The summed E-state index contributed by atoms with van der Waals surface area (Å²) >= 11 is 1.09. The number of allylic oxidation sites excluding steroid dienone is 1. The Morgan fingerprint density at radius 1 is 1.42 bits per heavy atom. The lowest BCUT2D eigenvalue weighted by Gasteiger charge is -2.12. The Balaban J connectivity index is 2.15. The van der Waals surface area contributed by atoms with Crippen LogP contribution < -0.4 is 10.9 Å². The Labute approximate surface area is 144 Å². The second kappa shape index (κ2) is 8.35. The Kier molecular flexibility index (Phi) is 6.20. The van der Waals surface area contributed by atoms with E-state index < -0.39 is 0 Å². The minimum atomic E-state index is -0.309. The highest BCUT2D eigenvalue weighted by atomic mass is 32.2. The molecule has 1 aromatic carbocycles. The summed E-state index contributed by atoms with van der Waals surface area (Å²) in [5.41, 5.74) is 0.648. The van der Waals surface area contributed by atoms with Gasteiger partial charge in [-0.3, -0.25) is 14.2 Å². The number of amides is 1. The highest BCUT2D eigenvalue weighted by molar-refractivity contribution is 7.99. The van der Waals surface area contributed by atoms with Gasteiger partial charge in [-0.1, -0.05) is 43.0 Å². The van der Waals surface area contributed by atoms with E-state index in [-0.39, 0.29) is 40.4 Å². The quantitative estimate of drug-likeness (QED) is 0.457. The van der Waals surface area contributed by atoms with Crippen molar-refractivity contribution in [3.8, 4) is 5.88 Å². The molecule has 0 spiro atoms. The lowest BCUT2D eigenvalue weighted by atomic mass is 10.2. The zero-order chi connectivity index (χ0) is 17.5. The van der Waals surface area contributed by atoms with Gasteiger partial charge in [0.05, 0.1) is 11.3 Å². The molecule has 0 radical (unpaired) electrons. The molecule has 0 aliphatic heterocycles. The lowest BCUT2D eigenvalue weighted by molar-refractivity contribution is -0.113. The van der Waals surface area contributed by atoms with E-state index in [1.807, 2.05) is 18.2 Å². The number of thioether (sulfide) groups is 1. The van der Waals surface area contributed by atoms with Crippen molar-refractivity contribution in [3.63, 3.8) is 0 Å². The number of benzene rings is 1. The number of aromatic nitrogens is 2. The largest absolute Gasteiger partial charge is 0.493 e. The standard InChI is InChI=1S/C17H19N3O3S/c1-3-10-20-16(23)13(4-2)15(22)19-17(20)24-11-14(21)18-12-8-6-5-7-9-12/h3,5-9,22H,1,4,10-11H2,2H3,(H,18,21). The smallest absolute Gasteiger partial charge is 0.261 e. The number of hydrogen-bond acceptors (Lipinski definition) is 5. The van der Waals surface area contributed by atoms with Gasteiger partial charge in [0.25, 0.3) is 5.56 Å². The fraction of sp³-hybridized carbons (Fsp3) is 0.235. The lowest BCUT2D eigenvalue weighted by Crippen LogP contribution is -2.26. The average Bonchev–Trinajstić information content (AvgIpc) is 2.57. The van der Waals surface area contributed by atoms with Gasteiger partial charge in [-0.15, -0.1) is 6.58 Å². The molecule has 2 N–H and O–H groups in total. The average molecular weight is 345 g/mol. The van der Waals surface area contributed by atoms with Gasteiger partial charge in [0, 0.05) is 12.2 Å². The van der Waals surface area contributed by atoms with Crippen molar-refractivity contribution >= 4 is 23.4 Å². The molecule has 24 heavy (non-hydrogen) atoms. The van der Waals surface area contributed by atoms with Crippen LogP contribution in [0.1, 0.15) is 12.5 Å². The van der Waals surface area contributed by atoms with E-state index in [0.29, 0.717) is 12.1 Å². The van der Waals surface area contributed by atoms with Gasteiger partial charge in [0.1, 0.15) is 0 Å². The SMILES string of the molecule is C=CCn1c(SCC(=O)Nc2ccccc2)nc(O)c(CC)c1=O. The van der Waals surface area contributed by atoms with Crippen LogP contribution >= 0.6 is 11.8 Å². The first kappa shape index (κ1) is 17.8. The Bertz CT molecular complexity index is 788. The van der Waals surface area contributed by atoms with Crippen molar-refractivity contribution < 1.29 is 9.90 Å². The van der Waals surface area contributed by atoms with Gasteiger partial charge in [-0.2, -0.15) is 4.98 Å². The fourth-order valence-corrected chi connectivity index (χ4v) is 2.92. The molecule has 6 nitrogen and oxygen atoms in total. The number of para-hydroxylation sites is 1. The van der Waals surface area contributed by atoms with E-state index in [4.69, 9.17) is 0 Å². The first-order valence-electron chi connectivity index (χ1n) is 7.48. The van der Waals surface area contributed by atoms with E-state index in [1.165, 1.54) is 4.57 Å². The highest BCUT2D eigenvalue weighted by Gasteiger charge is 2.15. The molecule has 7 heteroatoms. The molecule has 1 heterocycles. The Morgan fingerprint density at radius 2 is 2.12 bits per heavy atom. The summed E-state index contributed by atoms with van der Waals surface area (Å²) in [6.45, 7) is 5.67. The molecule has 126 valence electrons. The summed E-state index contributed by atoms with van der Waals surface area (Å²) in [6.07, 6.45) is 1.96. The maximum Gasteiger partial charge on any atom is 0.261 e. The molecular formula is C17H19N3O3S. The van der Waals surface area contributed by atoms with Crippen LogP contribution in [-0.2, 0) is 17.8 Å². The van der Waals surface area contributed by atoms with E-state index in [2.05, 4.69) is 16.9 Å². The van der Waals surface area contributed by atoms with Crippen LogP contribution in [0.2, 0.25) is 0 Å². The topological polar surface area (TPSA) is 84.2 Å². The minimum Gasteiger partial charge on any atom is -0.493 e. The highest BCUT2D eigenvalue weighted by Crippen LogP contribution is 2.20. The van der Waals surface area contributed by atoms with Gasteiger partial charge in [0.15, 0.2) is 5.16 Å². The molecule has 0 atom stereocenters. The molecule has 0 aliphatic rings. The number of nitrogens with one attached hydrogen (secondary N) is 1. The first-order chi connectivity index (χ1) is 11.6. The van der Waals surface area contributed by atoms with Gasteiger partial charge in [-0.25, -0.2) is 0 Å². The molecule has 0 saturated heterocycles. The maximum absolute atomic E-state index is 12.4. The van der Waals surface area contributed by atoms with E-state index >= 15 is 0 Å². The zero-order valence-corrected chi connectivity index (χ0v) is 14.2. The normalized spacial score (nSPS) is 10.4. The second-order valence-electron chi connectivity index (χ2n) is 4.96. The molecule has 2 rings (SSSR count). The van der Waals surface area contributed by atoms with Crippen LogP contribution in [0.5, 0.6) is 5.88 Å². The van der Waals surface area contributed by atoms with Crippen LogP contribution in [0.15, 0.2) is 52.9 Å². The molecular weight excluding hydrogens is 326 g/mol. The molecule has 0 saturated carbocycles. The third-order valence-corrected chi connectivity index (χ3v) is 4.24. The summed E-state index contributed by atoms with van der Waals surface area (Å²) in [6, 6.07) is 9.09. The minimum absolute atomic E-state index is 0.0728. The third-order valence-electron chi connectivity index (χ3n) is 3.26. The molecule has 0 unspecified atom stereocenters. The molecule has 0 aliphatic carbocycles. The van der Waals surface area contributed by atoms with Gasteiger partial charge < -0.3 is 10.4 Å². The van der Waals surface area contributed by atoms with Crippen LogP contribution in [0, 0.1) is 0 Å². The van der Waals surface area contributed by atoms with Crippen LogP contribution in [0.3, 0.4) is 0 Å². The fourth-order valence-electron chi connectivity index (χ4n) is 2.12. The van der Waals surface area contributed by atoms with Crippen molar-refractivity contribution in [2.24, 2.45) is 0 Å². The monoisotopic (exact) mass is 345 g/mol. The van der Waals surface area contributed by atoms with E-state index in [0.717, 1.165) is 11.8 Å². The van der Waals surface area contributed by atoms with Crippen molar-refractivity contribution in [1.82, 2.24) is 9.55 Å². The predicted octanol–water partition coefficient (Wildman–Crippen LogP) is 2.43. The van der Waals surface area contributed by atoms with Crippen molar-refractivity contribution in [3.05, 3.63) is 58.9 Å². The first-order valence-corrected chi connectivity index (χ1v) is 8.46. The van der Waals surface area contributed by atoms with E-state index in [1.54, 1.807) is 25.1 Å². The summed E-state index contributed by atoms with van der Waals surface area (Å²) in [7, 11) is 0. The predicted molar refractivity (Wildman–Crippen MR) is 95.5 cm³/mol. The summed E-state index contributed by atoms with van der Waals surface area (Å²) in [5, 5.41) is 12.9. The number of nitrogens with zero attached hydrogens (tertiary/aromatic N) is 2.